The number of benzene rings is 1. The Morgan fingerprint density at radius 1 is 1.00 bits per heavy atom. The smallest absolute Gasteiger partial charge is 0.259 e. The van der Waals surface area contributed by atoms with Crippen molar-refractivity contribution in [3.63, 3.8) is 0 Å². The highest BCUT2D eigenvalue weighted by Crippen LogP contribution is 2.36. The maximum atomic E-state index is 11.8. The van der Waals surface area contributed by atoms with Crippen molar-refractivity contribution in [2.75, 3.05) is 0 Å². The second-order valence-corrected chi connectivity index (χ2v) is 4.89. The molecule has 0 saturated heterocycles. The van der Waals surface area contributed by atoms with Gasteiger partial charge in [-0.25, -0.2) is 0 Å². The van der Waals surface area contributed by atoms with Crippen molar-refractivity contribution in [1.29, 1.82) is 0 Å². The Hall–Kier alpha value is -1.64. The molecule has 1 heterocycles. The molecule has 3 nitrogen and oxygen atoms in total. The third-order valence-corrected chi connectivity index (χ3v) is 3.84. The summed E-state index contributed by atoms with van der Waals surface area (Å²) in [6, 6.07) is 5.63. The van der Waals surface area contributed by atoms with Crippen LogP contribution in [0.15, 0.2) is 18.2 Å². The number of fused-ring (bicyclic) bond motifs is 1. The predicted octanol–water partition coefficient (Wildman–Crippen LogP) is 2.62. The number of imide groups is 1. The largest absolute Gasteiger partial charge is 0.288 e. The van der Waals surface area contributed by atoms with Crippen molar-refractivity contribution < 1.29 is 9.59 Å². The molecular weight excluding hydrogens is 214 g/mol. The minimum absolute atomic E-state index is 0.217. The molecule has 1 N–H and O–H groups in total. The highest BCUT2D eigenvalue weighted by atomic mass is 16.2. The van der Waals surface area contributed by atoms with Gasteiger partial charge in [-0.1, -0.05) is 31.4 Å². The highest BCUT2D eigenvalue weighted by Gasteiger charge is 2.31. The molecule has 3 heteroatoms. The molecule has 0 spiro atoms. The van der Waals surface area contributed by atoms with E-state index < -0.39 is 0 Å². The summed E-state index contributed by atoms with van der Waals surface area (Å²) >= 11 is 0. The fourth-order valence-electron chi connectivity index (χ4n) is 3.00. The first-order chi connectivity index (χ1) is 8.27. The van der Waals surface area contributed by atoms with Crippen molar-refractivity contribution in [3.05, 3.63) is 34.9 Å². The van der Waals surface area contributed by atoms with Crippen molar-refractivity contribution in [2.24, 2.45) is 0 Å². The van der Waals surface area contributed by atoms with Crippen LogP contribution in [-0.2, 0) is 0 Å². The molecule has 0 aromatic heterocycles. The van der Waals surface area contributed by atoms with Crippen molar-refractivity contribution in [1.82, 2.24) is 5.32 Å². The summed E-state index contributed by atoms with van der Waals surface area (Å²) in [7, 11) is 0. The Bertz CT molecular complexity index is 487. The van der Waals surface area contributed by atoms with Crippen LogP contribution in [0.5, 0.6) is 0 Å². The van der Waals surface area contributed by atoms with E-state index in [1.165, 1.54) is 19.3 Å². The number of hydrogen-bond acceptors (Lipinski definition) is 2. The Kier molecular flexibility index (Phi) is 2.46. The zero-order valence-electron chi connectivity index (χ0n) is 9.66. The maximum Gasteiger partial charge on any atom is 0.259 e. The van der Waals surface area contributed by atoms with Gasteiger partial charge >= 0.3 is 0 Å². The third kappa shape index (κ3) is 1.66. The minimum atomic E-state index is -0.248. The first-order valence-electron chi connectivity index (χ1n) is 6.26. The number of hydrogen-bond donors (Lipinski definition) is 1. The lowest BCUT2D eigenvalue weighted by Gasteiger charge is -2.23. The lowest BCUT2D eigenvalue weighted by molar-refractivity contribution is 0.0879. The monoisotopic (exact) mass is 229 g/mol. The van der Waals surface area contributed by atoms with Crippen LogP contribution in [0.1, 0.15) is 64.3 Å². The van der Waals surface area contributed by atoms with Crippen LogP contribution >= 0.6 is 0 Å². The van der Waals surface area contributed by atoms with Gasteiger partial charge in [0.05, 0.1) is 11.1 Å². The molecule has 1 fully saturated rings. The van der Waals surface area contributed by atoms with Gasteiger partial charge in [-0.3, -0.25) is 14.9 Å². The molecule has 88 valence electrons. The first kappa shape index (κ1) is 10.5. The van der Waals surface area contributed by atoms with Crippen molar-refractivity contribution in [2.45, 2.75) is 38.0 Å². The first-order valence-corrected chi connectivity index (χ1v) is 6.26. The summed E-state index contributed by atoms with van der Waals surface area (Å²) in [6.07, 6.45) is 6.01. The van der Waals surface area contributed by atoms with E-state index >= 15 is 0 Å². The van der Waals surface area contributed by atoms with Gasteiger partial charge in [0, 0.05) is 0 Å². The number of nitrogens with one attached hydrogen (secondary N) is 1. The van der Waals surface area contributed by atoms with E-state index in [9.17, 15) is 9.59 Å². The van der Waals surface area contributed by atoms with Crippen LogP contribution in [0.3, 0.4) is 0 Å². The van der Waals surface area contributed by atoms with Crippen LogP contribution in [-0.4, -0.2) is 11.8 Å². The molecule has 0 unspecified atom stereocenters. The standard InChI is InChI=1S/C14H15NO2/c16-13-11-8-4-7-10(12(11)14(17)15-13)9-5-2-1-3-6-9/h4,7-9H,1-3,5-6H2,(H,15,16,17). The van der Waals surface area contributed by atoms with E-state index in [2.05, 4.69) is 5.32 Å². The zero-order chi connectivity index (χ0) is 11.8. The van der Waals surface area contributed by atoms with Crippen LogP contribution in [0.25, 0.3) is 0 Å². The van der Waals surface area contributed by atoms with Gasteiger partial charge in [-0.05, 0) is 30.4 Å². The molecule has 0 radical (unpaired) electrons. The summed E-state index contributed by atoms with van der Waals surface area (Å²) in [4.78, 5) is 23.4. The summed E-state index contributed by atoms with van der Waals surface area (Å²) in [5.41, 5.74) is 2.26. The molecule has 2 amide bonds. The summed E-state index contributed by atoms with van der Waals surface area (Å²) in [6.45, 7) is 0. The normalized spacial score (nSPS) is 20.2. The average molecular weight is 229 g/mol. The average Bonchev–Trinajstić information content (AvgIpc) is 2.66. The van der Waals surface area contributed by atoms with Crippen LogP contribution in [0.2, 0.25) is 0 Å². The predicted molar refractivity (Wildman–Crippen MR) is 64.1 cm³/mol. The second-order valence-electron chi connectivity index (χ2n) is 4.89. The molecule has 1 saturated carbocycles. The fourth-order valence-corrected chi connectivity index (χ4v) is 3.00. The lowest BCUT2D eigenvalue weighted by atomic mass is 9.81. The maximum absolute atomic E-state index is 11.8. The van der Waals surface area contributed by atoms with Gasteiger partial charge in [0.25, 0.3) is 11.8 Å². The molecule has 1 aromatic carbocycles. The van der Waals surface area contributed by atoms with Crippen molar-refractivity contribution >= 4 is 11.8 Å². The molecule has 1 aromatic rings. The molecule has 2 aliphatic rings. The van der Waals surface area contributed by atoms with E-state index in [0.717, 1.165) is 18.4 Å². The minimum Gasteiger partial charge on any atom is -0.288 e. The summed E-state index contributed by atoms with van der Waals surface area (Å²) in [5.74, 6) is -0.0100. The fraction of sp³-hybridized carbons (Fsp3) is 0.429. The number of amides is 2. The van der Waals surface area contributed by atoms with Crippen LogP contribution < -0.4 is 5.32 Å². The molecule has 0 bridgehead atoms. The van der Waals surface area contributed by atoms with Gasteiger partial charge < -0.3 is 0 Å². The quantitative estimate of drug-likeness (QED) is 0.752. The number of carbonyl (C=O) groups is 2. The van der Waals surface area contributed by atoms with E-state index in [4.69, 9.17) is 0 Å². The molecule has 3 rings (SSSR count). The van der Waals surface area contributed by atoms with Gasteiger partial charge in [0.15, 0.2) is 0 Å². The third-order valence-electron chi connectivity index (χ3n) is 3.84. The van der Waals surface area contributed by atoms with E-state index in [1.807, 2.05) is 12.1 Å². The van der Waals surface area contributed by atoms with Gasteiger partial charge in [0.2, 0.25) is 0 Å². The molecule has 0 atom stereocenters. The van der Waals surface area contributed by atoms with Gasteiger partial charge in [-0.2, -0.15) is 0 Å². The Balaban J connectivity index is 2.06. The van der Waals surface area contributed by atoms with Crippen LogP contribution in [0.4, 0.5) is 0 Å². The second kappa shape index (κ2) is 3.99. The molecular formula is C14H15NO2. The summed E-state index contributed by atoms with van der Waals surface area (Å²) < 4.78 is 0. The van der Waals surface area contributed by atoms with Crippen molar-refractivity contribution in [3.8, 4) is 0 Å². The zero-order valence-corrected chi connectivity index (χ0v) is 9.66. The van der Waals surface area contributed by atoms with Gasteiger partial charge in [0.1, 0.15) is 0 Å². The molecule has 17 heavy (non-hydrogen) atoms. The van der Waals surface area contributed by atoms with E-state index in [0.29, 0.717) is 17.0 Å². The van der Waals surface area contributed by atoms with E-state index in [-0.39, 0.29) is 11.8 Å². The molecule has 1 aliphatic carbocycles. The van der Waals surface area contributed by atoms with Crippen LogP contribution in [0, 0.1) is 0 Å². The summed E-state index contributed by atoms with van der Waals surface area (Å²) in [5, 5.41) is 2.38. The lowest BCUT2D eigenvalue weighted by Crippen LogP contribution is -2.20. The molecule has 1 aliphatic heterocycles. The number of carbonyl (C=O) groups excluding carboxylic acids is 2. The van der Waals surface area contributed by atoms with Gasteiger partial charge in [-0.15, -0.1) is 0 Å². The highest BCUT2D eigenvalue weighted by molar-refractivity contribution is 6.22. The Labute approximate surface area is 100 Å². The Morgan fingerprint density at radius 3 is 2.53 bits per heavy atom. The number of rotatable bonds is 1. The Morgan fingerprint density at radius 2 is 1.76 bits per heavy atom. The topological polar surface area (TPSA) is 46.2 Å². The van der Waals surface area contributed by atoms with E-state index in [1.54, 1.807) is 6.07 Å². The SMILES string of the molecule is O=C1NC(=O)c2c1cccc2C1CCCCC1.